The van der Waals surface area contributed by atoms with Crippen LogP contribution in [0.2, 0.25) is 0 Å². The molecule has 64 valence electrons. The van der Waals surface area contributed by atoms with Gasteiger partial charge in [-0.15, -0.1) is 0 Å². The van der Waals surface area contributed by atoms with Crippen LogP contribution >= 0.6 is 0 Å². The molecule has 1 aromatic rings. The first-order valence-electron chi connectivity index (χ1n) is 4.56. The minimum absolute atomic E-state index is 0.318. The molecule has 2 rings (SSSR count). The zero-order valence-electron chi connectivity index (χ0n) is 7.33. The molecule has 1 heteroatoms. The van der Waals surface area contributed by atoms with Gasteiger partial charge in [-0.25, -0.2) is 0 Å². The van der Waals surface area contributed by atoms with E-state index in [1.165, 1.54) is 18.4 Å². The Morgan fingerprint density at radius 1 is 1.33 bits per heavy atom. The molecule has 0 heterocycles. The normalized spacial score (nSPS) is 19.2. The predicted molar refractivity (Wildman–Crippen MR) is 49.1 cm³/mol. The summed E-state index contributed by atoms with van der Waals surface area (Å²) >= 11 is 0. The highest BCUT2D eigenvalue weighted by Gasteiger charge is 2.26. The van der Waals surface area contributed by atoms with E-state index in [1.807, 2.05) is 19.1 Å². The molecule has 0 radical (unpaired) electrons. The first-order valence-corrected chi connectivity index (χ1v) is 4.56. The summed E-state index contributed by atoms with van der Waals surface area (Å²) in [6.45, 7) is 1.83. The second-order valence-electron chi connectivity index (χ2n) is 3.58. The molecule has 1 atom stereocenters. The Morgan fingerprint density at radius 2 is 2.00 bits per heavy atom. The Kier molecular flexibility index (Phi) is 1.89. The minimum atomic E-state index is -0.318. The maximum atomic E-state index is 9.48. The highest BCUT2D eigenvalue weighted by Crippen LogP contribution is 2.42. The van der Waals surface area contributed by atoms with Crippen LogP contribution in [-0.4, -0.2) is 5.11 Å². The van der Waals surface area contributed by atoms with E-state index in [0.717, 1.165) is 11.5 Å². The van der Waals surface area contributed by atoms with Crippen molar-refractivity contribution in [1.82, 2.24) is 0 Å². The second kappa shape index (κ2) is 2.91. The molecule has 0 unspecified atom stereocenters. The van der Waals surface area contributed by atoms with Crippen LogP contribution < -0.4 is 0 Å². The number of benzene rings is 1. The summed E-state index contributed by atoms with van der Waals surface area (Å²) in [5.41, 5.74) is 2.47. The van der Waals surface area contributed by atoms with Crippen molar-refractivity contribution >= 4 is 0 Å². The number of hydrogen-bond acceptors (Lipinski definition) is 1. The average Bonchev–Trinajstić information content (AvgIpc) is 2.87. The molecule has 1 nitrogen and oxygen atoms in total. The Bertz CT molecular complexity index is 253. The standard InChI is InChI=1S/C11H14O/c1-8(12)10-4-2-3-5-11(10)9-6-7-9/h2-5,8-9,12H,6-7H2,1H3/t8-/m1/s1. The van der Waals surface area contributed by atoms with Gasteiger partial charge in [0.1, 0.15) is 0 Å². The van der Waals surface area contributed by atoms with Crippen molar-refractivity contribution in [2.75, 3.05) is 0 Å². The van der Waals surface area contributed by atoms with Gasteiger partial charge in [0.05, 0.1) is 6.10 Å². The summed E-state index contributed by atoms with van der Waals surface area (Å²) in [5, 5.41) is 9.48. The van der Waals surface area contributed by atoms with Crippen LogP contribution in [-0.2, 0) is 0 Å². The maximum absolute atomic E-state index is 9.48. The van der Waals surface area contributed by atoms with Crippen LogP contribution in [0.15, 0.2) is 24.3 Å². The van der Waals surface area contributed by atoms with Gasteiger partial charge >= 0.3 is 0 Å². The molecule has 1 aliphatic carbocycles. The summed E-state index contributed by atoms with van der Waals surface area (Å²) in [7, 11) is 0. The molecule has 0 aliphatic heterocycles. The molecule has 1 aliphatic rings. The summed E-state index contributed by atoms with van der Waals surface area (Å²) in [4.78, 5) is 0. The van der Waals surface area contributed by atoms with Crippen LogP contribution in [0.5, 0.6) is 0 Å². The Morgan fingerprint density at radius 3 is 2.58 bits per heavy atom. The molecule has 1 fully saturated rings. The predicted octanol–water partition coefficient (Wildman–Crippen LogP) is 2.62. The van der Waals surface area contributed by atoms with Gasteiger partial charge in [0, 0.05) is 0 Å². The van der Waals surface area contributed by atoms with Crippen LogP contribution in [0.4, 0.5) is 0 Å². The van der Waals surface area contributed by atoms with E-state index in [-0.39, 0.29) is 6.10 Å². The van der Waals surface area contributed by atoms with Gasteiger partial charge in [-0.05, 0) is 36.8 Å². The molecular formula is C11H14O. The van der Waals surface area contributed by atoms with E-state index in [2.05, 4.69) is 12.1 Å². The average molecular weight is 162 g/mol. The number of rotatable bonds is 2. The van der Waals surface area contributed by atoms with Gasteiger partial charge in [-0.1, -0.05) is 24.3 Å². The van der Waals surface area contributed by atoms with E-state index in [4.69, 9.17) is 0 Å². The number of aliphatic hydroxyl groups excluding tert-OH is 1. The highest BCUT2D eigenvalue weighted by atomic mass is 16.3. The topological polar surface area (TPSA) is 20.2 Å². The lowest BCUT2D eigenvalue weighted by Crippen LogP contribution is -1.96. The fraction of sp³-hybridized carbons (Fsp3) is 0.455. The van der Waals surface area contributed by atoms with E-state index >= 15 is 0 Å². The number of hydrogen-bond donors (Lipinski definition) is 1. The monoisotopic (exact) mass is 162 g/mol. The SMILES string of the molecule is C[C@@H](O)c1ccccc1C1CC1. The van der Waals surface area contributed by atoms with E-state index in [9.17, 15) is 5.11 Å². The summed E-state index contributed by atoms with van der Waals surface area (Å²) in [6.07, 6.45) is 2.27. The fourth-order valence-electron chi connectivity index (χ4n) is 1.66. The molecular weight excluding hydrogens is 148 g/mol. The molecule has 1 aromatic carbocycles. The van der Waals surface area contributed by atoms with E-state index in [1.54, 1.807) is 0 Å². The lowest BCUT2D eigenvalue weighted by molar-refractivity contribution is 0.198. The Balaban J connectivity index is 2.36. The first-order chi connectivity index (χ1) is 5.79. The summed E-state index contributed by atoms with van der Waals surface area (Å²) < 4.78 is 0. The second-order valence-corrected chi connectivity index (χ2v) is 3.58. The van der Waals surface area contributed by atoms with Crippen LogP contribution in [0, 0.1) is 0 Å². The zero-order valence-corrected chi connectivity index (χ0v) is 7.33. The van der Waals surface area contributed by atoms with Gasteiger partial charge in [0.2, 0.25) is 0 Å². The third kappa shape index (κ3) is 1.37. The van der Waals surface area contributed by atoms with Crippen LogP contribution in [0.3, 0.4) is 0 Å². The molecule has 0 saturated heterocycles. The fourth-order valence-corrected chi connectivity index (χ4v) is 1.66. The lowest BCUT2D eigenvalue weighted by atomic mass is 10.00. The van der Waals surface area contributed by atoms with Crippen molar-refractivity contribution in [3.63, 3.8) is 0 Å². The van der Waals surface area contributed by atoms with Crippen LogP contribution in [0.25, 0.3) is 0 Å². The van der Waals surface area contributed by atoms with Gasteiger partial charge < -0.3 is 5.11 Å². The summed E-state index contributed by atoms with van der Waals surface area (Å²) in [5.74, 6) is 0.732. The van der Waals surface area contributed by atoms with Gasteiger partial charge in [0.25, 0.3) is 0 Å². The molecule has 0 aromatic heterocycles. The maximum Gasteiger partial charge on any atom is 0.0764 e. The molecule has 0 amide bonds. The Labute approximate surface area is 73.0 Å². The molecule has 1 saturated carbocycles. The highest BCUT2D eigenvalue weighted by molar-refractivity contribution is 5.34. The van der Waals surface area contributed by atoms with Gasteiger partial charge in [-0.3, -0.25) is 0 Å². The first kappa shape index (κ1) is 7.81. The zero-order chi connectivity index (χ0) is 8.55. The van der Waals surface area contributed by atoms with Gasteiger partial charge in [0.15, 0.2) is 0 Å². The van der Waals surface area contributed by atoms with Crippen molar-refractivity contribution < 1.29 is 5.11 Å². The van der Waals surface area contributed by atoms with Gasteiger partial charge in [-0.2, -0.15) is 0 Å². The largest absolute Gasteiger partial charge is 0.389 e. The molecule has 0 bridgehead atoms. The third-order valence-corrected chi connectivity index (χ3v) is 2.46. The van der Waals surface area contributed by atoms with Crippen molar-refractivity contribution in [2.45, 2.75) is 31.8 Å². The lowest BCUT2D eigenvalue weighted by Gasteiger charge is -2.10. The third-order valence-electron chi connectivity index (χ3n) is 2.46. The van der Waals surface area contributed by atoms with E-state index < -0.39 is 0 Å². The van der Waals surface area contributed by atoms with Crippen molar-refractivity contribution in [2.24, 2.45) is 0 Å². The number of aliphatic hydroxyl groups is 1. The van der Waals surface area contributed by atoms with E-state index in [0.29, 0.717) is 0 Å². The van der Waals surface area contributed by atoms with Crippen molar-refractivity contribution in [1.29, 1.82) is 0 Å². The quantitative estimate of drug-likeness (QED) is 0.708. The van der Waals surface area contributed by atoms with Crippen LogP contribution in [0.1, 0.15) is 42.9 Å². The van der Waals surface area contributed by atoms with Crippen molar-refractivity contribution in [3.8, 4) is 0 Å². The summed E-state index contributed by atoms with van der Waals surface area (Å²) in [6, 6.07) is 8.21. The Hall–Kier alpha value is -0.820. The molecule has 1 N–H and O–H groups in total. The van der Waals surface area contributed by atoms with Crippen molar-refractivity contribution in [3.05, 3.63) is 35.4 Å². The minimum Gasteiger partial charge on any atom is -0.389 e. The molecule has 0 spiro atoms. The smallest absolute Gasteiger partial charge is 0.0764 e. The molecule has 12 heavy (non-hydrogen) atoms.